The molecule has 0 saturated carbocycles. The fraction of sp³-hybridized carbons (Fsp3) is 0.200. The van der Waals surface area contributed by atoms with Gasteiger partial charge in [-0.1, -0.05) is 12.1 Å². The molecular formula is C10H11N3OS. The number of carbonyl (C=O) groups is 1. The van der Waals surface area contributed by atoms with E-state index >= 15 is 0 Å². The average Bonchev–Trinajstić information content (AvgIpc) is 2.77. The van der Waals surface area contributed by atoms with Crippen LogP contribution < -0.4 is 5.73 Å². The molecule has 15 heavy (non-hydrogen) atoms. The second-order valence-electron chi connectivity index (χ2n) is 3.18. The molecule has 1 aromatic rings. The lowest BCUT2D eigenvalue weighted by molar-refractivity contribution is 0.213. The number of nitrogens with two attached hydrogens (primary N) is 1. The first-order chi connectivity index (χ1) is 7.24. The largest absolute Gasteiger partial charge is 0.385 e. The Morgan fingerprint density at radius 1 is 1.73 bits per heavy atom. The lowest BCUT2D eigenvalue weighted by Gasteiger charge is -2.21. The summed E-state index contributed by atoms with van der Waals surface area (Å²) in [7, 11) is 0. The van der Waals surface area contributed by atoms with Gasteiger partial charge in [-0.3, -0.25) is 0 Å². The molecule has 0 radical (unpaired) electrons. The van der Waals surface area contributed by atoms with E-state index in [1.807, 2.05) is 17.5 Å². The summed E-state index contributed by atoms with van der Waals surface area (Å²) in [6.07, 6.45) is 1.67. The van der Waals surface area contributed by atoms with E-state index in [9.17, 15) is 4.79 Å². The van der Waals surface area contributed by atoms with Gasteiger partial charge in [0.25, 0.3) is 0 Å². The van der Waals surface area contributed by atoms with E-state index in [0.717, 1.165) is 4.88 Å². The standard InChI is InChI=1S/C10H11N3OS/c1-2-5-13-8(7-4-3-6-15-7)9(11)12-10(13)14/h2-4,6,8H,1,5H2,(H2,11,12,14). The van der Waals surface area contributed by atoms with Gasteiger partial charge >= 0.3 is 6.03 Å². The van der Waals surface area contributed by atoms with Crippen LogP contribution in [-0.4, -0.2) is 23.3 Å². The number of urea groups is 1. The maximum Gasteiger partial charge on any atom is 0.346 e. The van der Waals surface area contributed by atoms with Crippen molar-refractivity contribution < 1.29 is 4.79 Å². The Bertz CT molecular complexity index is 410. The van der Waals surface area contributed by atoms with Crippen molar-refractivity contribution in [1.29, 1.82) is 0 Å². The highest BCUT2D eigenvalue weighted by molar-refractivity contribution is 7.10. The number of amidine groups is 1. The molecular weight excluding hydrogens is 210 g/mol. The summed E-state index contributed by atoms with van der Waals surface area (Å²) < 4.78 is 0. The Morgan fingerprint density at radius 3 is 3.13 bits per heavy atom. The van der Waals surface area contributed by atoms with Gasteiger partial charge in [-0.2, -0.15) is 4.99 Å². The predicted octanol–water partition coefficient (Wildman–Crippen LogP) is 1.77. The van der Waals surface area contributed by atoms with Crippen LogP contribution in [-0.2, 0) is 0 Å². The van der Waals surface area contributed by atoms with Crippen molar-refractivity contribution in [2.45, 2.75) is 6.04 Å². The highest BCUT2D eigenvalue weighted by Gasteiger charge is 2.34. The van der Waals surface area contributed by atoms with Crippen LogP contribution in [0, 0.1) is 0 Å². The van der Waals surface area contributed by atoms with Gasteiger partial charge in [-0.25, -0.2) is 4.79 Å². The van der Waals surface area contributed by atoms with Crippen molar-refractivity contribution in [3.8, 4) is 0 Å². The van der Waals surface area contributed by atoms with Crippen LogP contribution in [0.5, 0.6) is 0 Å². The van der Waals surface area contributed by atoms with Gasteiger partial charge in [0.1, 0.15) is 11.9 Å². The van der Waals surface area contributed by atoms with E-state index < -0.39 is 0 Å². The minimum atomic E-state index is -0.286. The fourth-order valence-electron chi connectivity index (χ4n) is 1.57. The third-order valence-corrected chi connectivity index (χ3v) is 3.13. The molecule has 5 heteroatoms. The van der Waals surface area contributed by atoms with Gasteiger partial charge < -0.3 is 10.6 Å². The Morgan fingerprint density at radius 2 is 2.53 bits per heavy atom. The number of nitrogens with zero attached hydrogens (tertiary/aromatic N) is 2. The maximum atomic E-state index is 11.5. The zero-order valence-electron chi connectivity index (χ0n) is 8.09. The van der Waals surface area contributed by atoms with Crippen molar-refractivity contribution in [1.82, 2.24) is 4.90 Å². The van der Waals surface area contributed by atoms with Crippen LogP contribution >= 0.6 is 11.3 Å². The summed E-state index contributed by atoms with van der Waals surface area (Å²) >= 11 is 1.57. The number of rotatable bonds is 3. The monoisotopic (exact) mass is 221 g/mol. The van der Waals surface area contributed by atoms with Gasteiger partial charge in [-0.05, 0) is 11.4 Å². The van der Waals surface area contributed by atoms with Crippen LogP contribution in [0.15, 0.2) is 35.2 Å². The lowest BCUT2D eigenvalue weighted by Crippen LogP contribution is -2.32. The SMILES string of the molecule is C=CCN1C(=O)N=C(N)C1c1cccs1. The molecule has 1 unspecified atom stereocenters. The molecule has 0 saturated heterocycles. The Kier molecular flexibility index (Phi) is 2.55. The summed E-state index contributed by atoms with van der Waals surface area (Å²) in [5, 5.41) is 1.96. The Labute approximate surface area is 91.7 Å². The maximum absolute atomic E-state index is 11.5. The fourth-order valence-corrected chi connectivity index (χ4v) is 2.42. The number of carbonyl (C=O) groups excluding carboxylic acids is 1. The summed E-state index contributed by atoms with van der Waals surface area (Å²) in [6, 6.07) is 3.38. The Balaban J connectivity index is 2.32. The number of hydrogen-bond acceptors (Lipinski definition) is 3. The molecule has 1 aliphatic heterocycles. The number of amides is 2. The molecule has 0 aliphatic carbocycles. The molecule has 0 aromatic carbocycles. The molecule has 4 nitrogen and oxygen atoms in total. The number of hydrogen-bond donors (Lipinski definition) is 1. The third-order valence-electron chi connectivity index (χ3n) is 2.20. The van der Waals surface area contributed by atoms with Gasteiger partial charge in [0.05, 0.1) is 0 Å². The van der Waals surface area contributed by atoms with Crippen molar-refractivity contribution in [3.05, 3.63) is 35.0 Å². The van der Waals surface area contributed by atoms with Crippen LogP contribution in [0.25, 0.3) is 0 Å². The molecule has 1 aliphatic rings. The first-order valence-electron chi connectivity index (χ1n) is 4.53. The van der Waals surface area contributed by atoms with Crippen LogP contribution in [0.1, 0.15) is 10.9 Å². The van der Waals surface area contributed by atoms with Crippen molar-refractivity contribution in [2.24, 2.45) is 10.7 Å². The minimum absolute atomic E-state index is 0.213. The summed E-state index contributed by atoms with van der Waals surface area (Å²) in [5.41, 5.74) is 5.74. The molecule has 2 amide bonds. The molecule has 1 aromatic heterocycles. The topological polar surface area (TPSA) is 58.7 Å². The molecule has 2 N–H and O–H groups in total. The van der Waals surface area contributed by atoms with E-state index in [2.05, 4.69) is 11.6 Å². The number of thiophene rings is 1. The van der Waals surface area contributed by atoms with Gasteiger partial charge in [0.2, 0.25) is 0 Å². The van der Waals surface area contributed by atoms with Gasteiger partial charge in [0, 0.05) is 11.4 Å². The van der Waals surface area contributed by atoms with Gasteiger partial charge in [0.15, 0.2) is 0 Å². The molecule has 2 rings (SSSR count). The van der Waals surface area contributed by atoms with E-state index in [-0.39, 0.29) is 12.1 Å². The quantitative estimate of drug-likeness (QED) is 0.791. The summed E-state index contributed by atoms with van der Waals surface area (Å²) in [4.78, 5) is 17.9. The first-order valence-corrected chi connectivity index (χ1v) is 5.41. The zero-order chi connectivity index (χ0) is 10.8. The zero-order valence-corrected chi connectivity index (χ0v) is 8.91. The van der Waals surface area contributed by atoms with Crippen LogP contribution in [0.2, 0.25) is 0 Å². The van der Waals surface area contributed by atoms with Crippen LogP contribution in [0.3, 0.4) is 0 Å². The normalized spacial score (nSPS) is 20.5. The van der Waals surface area contributed by atoms with E-state index in [1.54, 1.807) is 22.3 Å². The van der Waals surface area contributed by atoms with Crippen molar-refractivity contribution in [2.75, 3.05) is 6.54 Å². The molecule has 0 bridgehead atoms. The highest BCUT2D eigenvalue weighted by atomic mass is 32.1. The van der Waals surface area contributed by atoms with E-state index in [0.29, 0.717) is 12.4 Å². The second kappa shape index (κ2) is 3.86. The lowest BCUT2D eigenvalue weighted by atomic mass is 10.2. The summed E-state index contributed by atoms with van der Waals surface area (Å²) in [6.45, 7) is 4.08. The molecule has 2 heterocycles. The molecule has 0 spiro atoms. The van der Waals surface area contributed by atoms with Gasteiger partial charge in [-0.15, -0.1) is 17.9 Å². The second-order valence-corrected chi connectivity index (χ2v) is 4.16. The van der Waals surface area contributed by atoms with Crippen LogP contribution in [0.4, 0.5) is 4.79 Å². The smallest absolute Gasteiger partial charge is 0.346 e. The first kappa shape index (κ1) is 9.92. The molecule has 78 valence electrons. The van der Waals surface area contributed by atoms with E-state index in [1.165, 1.54) is 0 Å². The Hall–Kier alpha value is -1.62. The molecule has 1 atom stereocenters. The van der Waals surface area contributed by atoms with Crippen molar-refractivity contribution in [3.63, 3.8) is 0 Å². The van der Waals surface area contributed by atoms with Crippen molar-refractivity contribution >= 4 is 23.2 Å². The predicted molar refractivity (Wildman–Crippen MR) is 61.0 cm³/mol. The minimum Gasteiger partial charge on any atom is -0.385 e. The molecule has 0 fully saturated rings. The number of aliphatic imine (C=N–C) groups is 1. The summed E-state index contributed by atoms with van der Waals surface area (Å²) in [5.74, 6) is 0.365. The average molecular weight is 221 g/mol. The highest BCUT2D eigenvalue weighted by Crippen LogP contribution is 2.29. The van der Waals surface area contributed by atoms with E-state index in [4.69, 9.17) is 5.73 Å². The third kappa shape index (κ3) is 1.66.